The van der Waals surface area contributed by atoms with Gasteiger partial charge in [-0.1, -0.05) is 17.7 Å². The van der Waals surface area contributed by atoms with Gasteiger partial charge in [-0.15, -0.1) is 0 Å². The van der Waals surface area contributed by atoms with Crippen molar-refractivity contribution in [3.8, 4) is 0 Å². The van der Waals surface area contributed by atoms with E-state index in [0.29, 0.717) is 25.1 Å². The third-order valence-electron chi connectivity index (χ3n) is 4.72. The first-order valence-corrected chi connectivity index (χ1v) is 8.14. The molecule has 3 N–H and O–H groups in total. The van der Waals surface area contributed by atoms with Gasteiger partial charge >= 0.3 is 0 Å². The second-order valence-corrected chi connectivity index (χ2v) is 6.64. The van der Waals surface area contributed by atoms with E-state index in [-0.39, 0.29) is 23.7 Å². The number of hydrogen-bond acceptors (Lipinski definition) is 4. The van der Waals surface area contributed by atoms with Gasteiger partial charge < -0.3 is 20.6 Å². The fourth-order valence-corrected chi connectivity index (χ4v) is 3.39. The van der Waals surface area contributed by atoms with Gasteiger partial charge in [0.15, 0.2) is 0 Å². The number of aliphatic hydroxyl groups is 1. The van der Waals surface area contributed by atoms with Crippen molar-refractivity contribution in [2.75, 3.05) is 6.54 Å². The Morgan fingerprint density at radius 1 is 1.46 bits per heavy atom. The molecule has 2 saturated heterocycles. The molecule has 2 heterocycles. The maximum atomic E-state index is 13.8. The first-order valence-electron chi connectivity index (χ1n) is 8.14. The normalized spacial score (nSPS) is 27.8. The lowest BCUT2D eigenvalue weighted by Gasteiger charge is -2.35. The highest BCUT2D eigenvalue weighted by Gasteiger charge is 2.47. The Labute approximate surface area is 140 Å². The highest BCUT2D eigenvalue weighted by molar-refractivity contribution is 5.97. The summed E-state index contributed by atoms with van der Waals surface area (Å²) in [5.74, 6) is -0.779. The van der Waals surface area contributed by atoms with Crippen LogP contribution in [-0.2, 0) is 16.1 Å². The molecule has 0 aliphatic carbocycles. The van der Waals surface area contributed by atoms with E-state index in [1.54, 1.807) is 12.1 Å². The van der Waals surface area contributed by atoms with Crippen LogP contribution in [0.2, 0.25) is 0 Å². The smallest absolute Gasteiger partial charge is 0.248 e. The van der Waals surface area contributed by atoms with E-state index in [4.69, 9.17) is 0 Å². The number of piperazine rings is 1. The van der Waals surface area contributed by atoms with Crippen LogP contribution in [0.4, 0.5) is 4.39 Å². The van der Waals surface area contributed by atoms with Crippen LogP contribution in [-0.4, -0.2) is 52.6 Å². The van der Waals surface area contributed by atoms with Crippen LogP contribution >= 0.6 is 0 Å². The molecule has 4 atom stereocenters. The molecule has 2 fully saturated rings. The Bertz CT molecular complexity index is 664. The van der Waals surface area contributed by atoms with E-state index < -0.39 is 18.2 Å². The van der Waals surface area contributed by atoms with E-state index in [1.165, 1.54) is 17.9 Å². The minimum Gasteiger partial charge on any atom is -0.391 e. The number of rotatable bonds is 4. The summed E-state index contributed by atoms with van der Waals surface area (Å²) in [4.78, 5) is 26.0. The predicted molar refractivity (Wildman–Crippen MR) is 85.5 cm³/mol. The summed E-state index contributed by atoms with van der Waals surface area (Å²) in [5.41, 5.74) is 1.55. The minimum atomic E-state index is -0.934. The Morgan fingerprint density at radius 3 is 2.92 bits per heavy atom. The molecule has 0 unspecified atom stereocenters. The van der Waals surface area contributed by atoms with Crippen LogP contribution in [0, 0.1) is 12.7 Å². The van der Waals surface area contributed by atoms with Crippen LogP contribution in [0.1, 0.15) is 24.5 Å². The first kappa shape index (κ1) is 16.9. The van der Waals surface area contributed by atoms with Gasteiger partial charge in [0.25, 0.3) is 0 Å². The second kappa shape index (κ2) is 6.49. The van der Waals surface area contributed by atoms with Crippen molar-refractivity contribution in [2.24, 2.45) is 0 Å². The zero-order chi connectivity index (χ0) is 17.4. The average molecular weight is 335 g/mol. The number of aliphatic hydroxyl groups excluding tert-OH is 1. The van der Waals surface area contributed by atoms with Gasteiger partial charge in [0.1, 0.15) is 17.9 Å². The zero-order valence-electron chi connectivity index (χ0n) is 13.8. The third kappa shape index (κ3) is 3.14. The summed E-state index contributed by atoms with van der Waals surface area (Å²) in [5, 5.41) is 15.5. The quantitative estimate of drug-likeness (QED) is 0.727. The van der Waals surface area contributed by atoms with Gasteiger partial charge in [-0.3, -0.25) is 9.59 Å². The van der Waals surface area contributed by atoms with E-state index in [1.807, 2.05) is 6.92 Å². The molecule has 24 heavy (non-hydrogen) atoms. The van der Waals surface area contributed by atoms with Crippen LogP contribution in [0.15, 0.2) is 18.2 Å². The molecule has 3 rings (SSSR count). The third-order valence-corrected chi connectivity index (χ3v) is 4.72. The van der Waals surface area contributed by atoms with E-state index >= 15 is 0 Å². The second-order valence-electron chi connectivity index (χ2n) is 6.64. The monoisotopic (exact) mass is 335 g/mol. The molecule has 2 aliphatic heterocycles. The van der Waals surface area contributed by atoms with Gasteiger partial charge in [0, 0.05) is 24.7 Å². The van der Waals surface area contributed by atoms with E-state index in [0.717, 1.165) is 5.56 Å². The van der Waals surface area contributed by atoms with Gasteiger partial charge in [-0.05, 0) is 26.3 Å². The fourth-order valence-electron chi connectivity index (χ4n) is 3.39. The summed E-state index contributed by atoms with van der Waals surface area (Å²) in [6.07, 6.45) is -0.451. The maximum Gasteiger partial charge on any atom is 0.248 e. The zero-order valence-corrected chi connectivity index (χ0v) is 13.8. The molecule has 1 aromatic carbocycles. The highest BCUT2D eigenvalue weighted by Crippen LogP contribution is 2.24. The van der Waals surface area contributed by atoms with Crippen molar-refractivity contribution in [2.45, 2.75) is 51.0 Å². The molecular weight excluding hydrogens is 313 g/mol. The van der Waals surface area contributed by atoms with Crippen molar-refractivity contribution in [1.82, 2.24) is 15.5 Å². The lowest BCUT2D eigenvalue weighted by atomic mass is 10.0. The number of benzene rings is 1. The molecule has 0 radical (unpaired) electrons. The van der Waals surface area contributed by atoms with Crippen LogP contribution in [0.25, 0.3) is 0 Å². The lowest BCUT2D eigenvalue weighted by molar-refractivity contribution is -0.149. The topological polar surface area (TPSA) is 81.7 Å². The van der Waals surface area contributed by atoms with Crippen LogP contribution < -0.4 is 10.6 Å². The standard InChI is InChI=1S/C17H22FN3O3/c1-9-3-4-13(18)11(5-9)7-19-12-6-14-16(23)20-15(10(2)22)17(24)21(14)8-12/h3-5,10,12,14-15,19,22H,6-8H2,1-2H3,(H,20,23)/t10-,12+,14+,15+/m1/s1. The van der Waals surface area contributed by atoms with Crippen molar-refractivity contribution in [3.05, 3.63) is 35.1 Å². The van der Waals surface area contributed by atoms with Crippen molar-refractivity contribution < 1.29 is 19.1 Å². The summed E-state index contributed by atoms with van der Waals surface area (Å²) in [6.45, 7) is 4.11. The molecule has 0 bridgehead atoms. The van der Waals surface area contributed by atoms with Crippen molar-refractivity contribution in [1.29, 1.82) is 0 Å². The number of aryl methyl sites for hydroxylation is 1. The van der Waals surface area contributed by atoms with Crippen molar-refractivity contribution >= 4 is 11.8 Å². The van der Waals surface area contributed by atoms with Crippen LogP contribution in [0.5, 0.6) is 0 Å². The maximum absolute atomic E-state index is 13.8. The number of hydrogen-bond donors (Lipinski definition) is 3. The summed E-state index contributed by atoms with van der Waals surface area (Å²) in [7, 11) is 0. The van der Waals surface area contributed by atoms with E-state index in [9.17, 15) is 19.1 Å². The Hall–Kier alpha value is -1.99. The minimum absolute atomic E-state index is 0.0858. The first-order chi connectivity index (χ1) is 11.4. The largest absolute Gasteiger partial charge is 0.391 e. The Morgan fingerprint density at radius 2 is 2.21 bits per heavy atom. The molecule has 0 saturated carbocycles. The summed E-state index contributed by atoms with van der Waals surface area (Å²) >= 11 is 0. The number of nitrogens with one attached hydrogen (secondary N) is 2. The van der Waals surface area contributed by atoms with Gasteiger partial charge in [-0.2, -0.15) is 0 Å². The number of amides is 2. The number of fused-ring (bicyclic) bond motifs is 1. The molecular formula is C17H22FN3O3. The highest BCUT2D eigenvalue weighted by atomic mass is 19.1. The molecule has 2 amide bonds. The van der Waals surface area contributed by atoms with Gasteiger partial charge in [0.05, 0.1) is 6.10 Å². The van der Waals surface area contributed by atoms with Crippen LogP contribution in [0.3, 0.4) is 0 Å². The van der Waals surface area contributed by atoms with Gasteiger partial charge in [0.2, 0.25) is 11.8 Å². The Balaban J connectivity index is 1.65. The molecule has 2 aliphatic rings. The molecule has 7 heteroatoms. The molecule has 0 aromatic heterocycles. The summed E-state index contributed by atoms with van der Waals surface area (Å²) < 4.78 is 13.8. The predicted octanol–water partition coefficient (Wildman–Crippen LogP) is 0.0724. The molecule has 1 aromatic rings. The number of nitrogens with zero attached hydrogens (tertiary/aromatic N) is 1. The van der Waals surface area contributed by atoms with Gasteiger partial charge in [-0.25, -0.2) is 4.39 Å². The SMILES string of the molecule is Cc1ccc(F)c(CN[C@H]2C[C@H]3C(=O)N[C@@H]([C@@H](C)O)C(=O)N3C2)c1. The van der Waals surface area contributed by atoms with E-state index in [2.05, 4.69) is 10.6 Å². The Kier molecular flexibility index (Phi) is 4.56. The molecule has 130 valence electrons. The fraction of sp³-hybridized carbons (Fsp3) is 0.529. The molecule has 6 nitrogen and oxygen atoms in total. The average Bonchev–Trinajstić information content (AvgIpc) is 2.96. The number of carbonyl (C=O) groups excluding carboxylic acids is 2. The number of carbonyl (C=O) groups is 2. The number of halogens is 1. The lowest BCUT2D eigenvalue weighted by Crippen LogP contribution is -2.64. The molecule has 0 spiro atoms. The summed E-state index contributed by atoms with van der Waals surface area (Å²) in [6, 6.07) is 3.44. The van der Waals surface area contributed by atoms with Crippen molar-refractivity contribution in [3.63, 3.8) is 0 Å².